The molecule has 12 rings (SSSR count). The Morgan fingerprint density at radius 1 is 0.527 bits per heavy atom. The summed E-state index contributed by atoms with van der Waals surface area (Å²) in [5.41, 5.74) is 13.0. The smallest absolute Gasteiger partial charge is 0.160 e. The molecule has 2 aromatic heterocycles. The lowest BCUT2D eigenvalue weighted by Gasteiger charge is -2.24. The summed E-state index contributed by atoms with van der Waals surface area (Å²) in [6, 6.07) is 48.9. The van der Waals surface area contributed by atoms with E-state index in [1.54, 1.807) is 0 Å². The predicted octanol–water partition coefficient (Wildman–Crippen LogP) is 7.33. The van der Waals surface area contributed by atoms with Crippen molar-refractivity contribution in [1.29, 1.82) is 0 Å². The lowest BCUT2D eigenvalue weighted by Crippen LogP contribution is -2.49. The number of hydrogen-bond donors (Lipinski definition) is 0. The highest BCUT2D eigenvalue weighted by Crippen LogP contribution is 2.45. The van der Waals surface area contributed by atoms with Crippen LogP contribution in [0.5, 0.6) is 0 Å². The molecule has 1 aliphatic rings. The van der Waals surface area contributed by atoms with Crippen LogP contribution in [-0.4, -0.2) is 77.3 Å². The van der Waals surface area contributed by atoms with Gasteiger partial charge < -0.3 is 4.57 Å². The molecule has 2 heterocycles. The van der Waals surface area contributed by atoms with Gasteiger partial charge in [-0.25, -0.2) is 9.97 Å². The molecule has 0 spiro atoms. The van der Waals surface area contributed by atoms with Crippen molar-refractivity contribution < 1.29 is 0 Å². The van der Waals surface area contributed by atoms with Gasteiger partial charge in [0, 0.05) is 39.2 Å². The molecule has 16 radical (unpaired) electrons. The van der Waals surface area contributed by atoms with Crippen molar-refractivity contribution in [3.8, 4) is 39.5 Å². The van der Waals surface area contributed by atoms with Crippen LogP contribution in [-0.2, 0) is 0 Å². The van der Waals surface area contributed by atoms with Crippen LogP contribution in [0.2, 0.25) is 0 Å². The number of allylic oxidation sites excluding steroid dienone is 4. The Morgan fingerprint density at radius 3 is 1.59 bits per heavy atom. The van der Waals surface area contributed by atoms with Gasteiger partial charge in [-0.3, -0.25) is 0 Å². The first-order chi connectivity index (χ1) is 35.9. The Hall–Kier alpha value is -7.36. The summed E-state index contributed by atoms with van der Waals surface area (Å²) in [6.07, 6.45) is 8.62. The zero-order valence-electron chi connectivity index (χ0n) is 41.5. The predicted molar refractivity (Wildman–Crippen MR) is 323 cm³/mol. The molecule has 9 aromatic carbocycles. The van der Waals surface area contributed by atoms with Gasteiger partial charge in [-0.05, 0) is 109 Å². The lowest BCUT2D eigenvalue weighted by atomic mass is 9.63. The SMILES string of the molecule is [B]c1c([B])c([B])c2c(c1[B])c1c([B])c([B])c([B])c([B])c1n2-c1cc2c3ccccc3c3ccccc3c2cc1-c1ccc(C)c(-c2nc(-c3ccccc3)nc(C3=CCC(c4ccccc4)C=C3)c2C(C)CC)c1. The van der Waals surface area contributed by atoms with Crippen molar-refractivity contribution in [2.45, 2.75) is 45.4 Å². The number of fused-ring (bicyclic) bond motifs is 9. The van der Waals surface area contributed by atoms with Crippen molar-refractivity contribution in [2.75, 3.05) is 0 Å². The molecule has 74 heavy (non-hydrogen) atoms. The molecule has 11 aromatic rings. The van der Waals surface area contributed by atoms with E-state index >= 15 is 0 Å². The van der Waals surface area contributed by atoms with Gasteiger partial charge >= 0.3 is 0 Å². The molecule has 332 valence electrons. The number of hydrogen-bond acceptors (Lipinski definition) is 2. The summed E-state index contributed by atoms with van der Waals surface area (Å²) < 4.78 is 2.00. The minimum atomic E-state index is 0.0974. The molecule has 0 saturated carbocycles. The van der Waals surface area contributed by atoms with Gasteiger partial charge in [0.1, 0.15) is 62.8 Å². The summed E-state index contributed by atoms with van der Waals surface area (Å²) in [6.45, 7) is 6.64. The largest absolute Gasteiger partial charge is 0.310 e. The van der Waals surface area contributed by atoms with Gasteiger partial charge in [0.15, 0.2) is 5.82 Å². The Bertz CT molecular complexity index is 4140. The van der Waals surface area contributed by atoms with E-state index in [4.69, 9.17) is 72.7 Å². The monoisotopic (exact) mass is 927 g/mol. The standard InChI is InChI=1S/C63H41B8N3/c1-4-32(2)48-59(36-27-25-35(26-28-36)34-15-7-5-8-16-34)72-63(37-17-9-6-10-18-37)73-60(48)43-29-38(24-23-33(43)3)44-30-45-41-21-13-11-19-39(41)40-20-12-14-22-42(40)46(45)31-47(44)74-61-49(51(64)53(66)55(68)57(61)70)50-52(65)54(67)56(69)58(71)62(50)74/h5-25,27-32,35H,4,26H2,1-3H3. The maximum Gasteiger partial charge on any atom is 0.160 e. The van der Waals surface area contributed by atoms with E-state index < -0.39 is 0 Å². The molecule has 0 N–H and O–H groups in total. The highest BCUT2D eigenvalue weighted by Gasteiger charge is 2.28. The molecule has 2 atom stereocenters. The Morgan fingerprint density at radius 2 is 1.04 bits per heavy atom. The molecule has 2 unspecified atom stereocenters. The molecule has 11 heteroatoms. The number of rotatable bonds is 8. The zero-order valence-corrected chi connectivity index (χ0v) is 41.5. The first-order valence-corrected chi connectivity index (χ1v) is 25.1. The fourth-order valence-corrected chi connectivity index (χ4v) is 11.4. The third kappa shape index (κ3) is 7.44. The Balaban J connectivity index is 1.20. The van der Waals surface area contributed by atoms with E-state index in [1.165, 1.54) is 5.56 Å². The molecule has 0 saturated heterocycles. The summed E-state index contributed by atoms with van der Waals surface area (Å²) in [7, 11) is 55.0. The summed E-state index contributed by atoms with van der Waals surface area (Å²) in [5, 5.41) is 7.41. The van der Waals surface area contributed by atoms with Crippen LogP contribution >= 0.6 is 0 Å². The second-order valence-corrected chi connectivity index (χ2v) is 19.7. The van der Waals surface area contributed by atoms with E-state index in [0.717, 1.165) is 101 Å². The van der Waals surface area contributed by atoms with Crippen LogP contribution in [0.3, 0.4) is 0 Å². The van der Waals surface area contributed by atoms with E-state index in [-0.39, 0.29) is 55.5 Å². The average molecular weight is 927 g/mol. The van der Waals surface area contributed by atoms with Crippen molar-refractivity contribution in [1.82, 2.24) is 14.5 Å². The normalized spacial score (nSPS) is 14.1. The average Bonchev–Trinajstić information content (AvgIpc) is 3.81. The highest BCUT2D eigenvalue weighted by atomic mass is 15.0. The Labute approximate surface area is 443 Å². The number of aromatic nitrogens is 3. The highest BCUT2D eigenvalue weighted by molar-refractivity contribution is 6.71. The number of aryl methyl sites for hydroxylation is 1. The lowest BCUT2D eigenvalue weighted by molar-refractivity contribution is 0.723. The fourth-order valence-electron chi connectivity index (χ4n) is 11.4. The molecular formula is C63H41B8N3. The van der Waals surface area contributed by atoms with E-state index in [0.29, 0.717) is 27.6 Å². The third-order valence-electron chi connectivity index (χ3n) is 15.5. The van der Waals surface area contributed by atoms with Crippen LogP contribution in [0, 0.1) is 6.92 Å². The van der Waals surface area contributed by atoms with Crippen molar-refractivity contribution in [3.63, 3.8) is 0 Å². The maximum absolute atomic E-state index is 7.14. The first kappa shape index (κ1) is 47.6. The minimum Gasteiger partial charge on any atom is -0.310 e. The third-order valence-corrected chi connectivity index (χ3v) is 15.5. The molecule has 0 amide bonds. The van der Waals surface area contributed by atoms with Gasteiger partial charge in [0.2, 0.25) is 0 Å². The summed E-state index contributed by atoms with van der Waals surface area (Å²) in [4.78, 5) is 11.0. The van der Waals surface area contributed by atoms with E-state index in [1.807, 2.05) is 22.8 Å². The summed E-state index contributed by atoms with van der Waals surface area (Å²) >= 11 is 0. The second kappa shape index (κ2) is 18.5. The van der Waals surface area contributed by atoms with Crippen LogP contribution in [0.1, 0.15) is 60.9 Å². The van der Waals surface area contributed by atoms with Gasteiger partial charge in [-0.2, -0.15) is 0 Å². The van der Waals surface area contributed by atoms with Gasteiger partial charge in [-0.1, -0.05) is 175 Å². The quantitative estimate of drug-likeness (QED) is 0.118. The first-order valence-electron chi connectivity index (χ1n) is 25.1. The van der Waals surface area contributed by atoms with E-state index in [2.05, 4.69) is 160 Å². The van der Waals surface area contributed by atoms with Gasteiger partial charge in [0.25, 0.3) is 0 Å². The fraction of sp³-hybridized carbons (Fsp3) is 0.111. The second-order valence-electron chi connectivity index (χ2n) is 19.7. The van der Waals surface area contributed by atoms with Crippen molar-refractivity contribution in [2.24, 2.45) is 0 Å². The molecule has 0 bridgehead atoms. The molecule has 1 aliphatic carbocycles. The molecule has 0 fully saturated rings. The van der Waals surface area contributed by atoms with Crippen molar-refractivity contribution in [3.05, 3.63) is 180 Å². The van der Waals surface area contributed by atoms with Gasteiger partial charge in [0.05, 0.1) is 17.1 Å². The molecular weight excluding hydrogens is 885 g/mol. The molecule has 0 aliphatic heterocycles. The van der Waals surface area contributed by atoms with Crippen LogP contribution in [0.25, 0.3) is 99.2 Å². The van der Waals surface area contributed by atoms with Crippen molar-refractivity contribution >= 4 is 166 Å². The van der Waals surface area contributed by atoms with Crippen LogP contribution < -0.4 is 43.7 Å². The minimum absolute atomic E-state index is 0.0974. The van der Waals surface area contributed by atoms with Crippen LogP contribution in [0.15, 0.2) is 158 Å². The molecule has 3 nitrogen and oxygen atoms in total. The zero-order chi connectivity index (χ0) is 51.3. The Kier molecular flexibility index (Phi) is 11.9. The maximum atomic E-state index is 7.14. The summed E-state index contributed by atoms with van der Waals surface area (Å²) in [5.74, 6) is 1.01. The topological polar surface area (TPSA) is 30.7 Å². The van der Waals surface area contributed by atoms with Crippen LogP contribution in [0.4, 0.5) is 0 Å². The number of benzene rings is 9. The van der Waals surface area contributed by atoms with E-state index in [9.17, 15) is 0 Å². The van der Waals surface area contributed by atoms with Gasteiger partial charge in [-0.15, -0.1) is 21.9 Å². The number of nitrogens with zero attached hydrogens (tertiary/aromatic N) is 3.